The fourth-order valence-corrected chi connectivity index (χ4v) is 3.38. The van der Waals surface area contributed by atoms with Crippen molar-refractivity contribution in [2.24, 2.45) is 0 Å². The molecule has 2 N–H and O–H groups in total. The molecular formula is C14H23N3O3S. The second-order valence-electron chi connectivity index (χ2n) is 5.52. The lowest BCUT2D eigenvalue weighted by Crippen LogP contribution is -2.29. The number of sulfonamides is 1. The van der Waals surface area contributed by atoms with Gasteiger partial charge in [0.25, 0.3) is 0 Å². The van der Waals surface area contributed by atoms with E-state index < -0.39 is 10.0 Å². The first-order valence-electron chi connectivity index (χ1n) is 6.97. The van der Waals surface area contributed by atoms with Gasteiger partial charge in [0.1, 0.15) is 0 Å². The van der Waals surface area contributed by atoms with Gasteiger partial charge in [0.2, 0.25) is 10.0 Å². The van der Waals surface area contributed by atoms with Crippen molar-refractivity contribution in [1.29, 1.82) is 0 Å². The van der Waals surface area contributed by atoms with Crippen LogP contribution >= 0.6 is 0 Å². The van der Waals surface area contributed by atoms with Crippen LogP contribution in [0, 0.1) is 0 Å². The van der Waals surface area contributed by atoms with E-state index in [1.54, 1.807) is 12.1 Å². The summed E-state index contributed by atoms with van der Waals surface area (Å²) in [7, 11) is 1.49. The molecule has 0 aromatic heterocycles. The summed E-state index contributed by atoms with van der Waals surface area (Å²) in [5, 5.41) is 0. The number of hydrogen-bond acceptors (Lipinski definition) is 5. The van der Waals surface area contributed by atoms with Crippen molar-refractivity contribution in [3.05, 3.63) is 18.2 Å². The number of nitrogens with zero attached hydrogens (tertiary/aromatic N) is 2. The minimum absolute atomic E-state index is 0.208. The Kier molecular flexibility index (Phi) is 4.75. The van der Waals surface area contributed by atoms with E-state index in [0.29, 0.717) is 5.69 Å². The van der Waals surface area contributed by atoms with E-state index in [1.165, 1.54) is 24.5 Å². The SMILES string of the molecule is CN(CC1CCCO1)c1ccc(S(=O)(=O)N(C)C)cc1N. The Balaban J connectivity index is 2.19. The maximum Gasteiger partial charge on any atom is 0.242 e. The summed E-state index contributed by atoms with van der Waals surface area (Å²) in [6, 6.07) is 4.85. The average molecular weight is 313 g/mol. The number of benzene rings is 1. The third-order valence-electron chi connectivity index (χ3n) is 3.69. The number of rotatable bonds is 5. The molecule has 0 saturated carbocycles. The van der Waals surface area contributed by atoms with Crippen LogP contribution in [0.4, 0.5) is 11.4 Å². The molecule has 1 aromatic rings. The first kappa shape index (κ1) is 16.1. The molecule has 0 spiro atoms. The van der Waals surface area contributed by atoms with E-state index in [0.717, 1.165) is 31.7 Å². The minimum atomic E-state index is -3.45. The molecule has 1 fully saturated rings. The largest absolute Gasteiger partial charge is 0.397 e. The topological polar surface area (TPSA) is 75.9 Å². The van der Waals surface area contributed by atoms with E-state index in [9.17, 15) is 8.42 Å². The van der Waals surface area contributed by atoms with Crippen LogP contribution in [0.2, 0.25) is 0 Å². The molecule has 7 heteroatoms. The zero-order valence-corrected chi connectivity index (χ0v) is 13.6. The summed E-state index contributed by atoms with van der Waals surface area (Å²) in [5.41, 5.74) is 7.31. The third-order valence-corrected chi connectivity index (χ3v) is 5.50. The fraction of sp³-hybridized carbons (Fsp3) is 0.571. The summed E-state index contributed by atoms with van der Waals surface area (Å²) < 4.78 is 30.9. The van der Waals surface area contributed by atoms with E-state index in [1.807, 2.05) is 11.9 Å². The van der Waals surface area contributed by atoms with Crippen molar-refractivity contribution in [2.45, 2.75) is 23.8 Å². The quantitative estimate of drug-likeness (QED) is 0.825. The second-order valence-corrected chi connectivity index (χ2v) is 7.68. The number of anilines is 2. The molecule has 118 valence electrons. The van der Waals surface area contributed by atoms with Gasteiger partial charge in [0, 0.05) is 34.3 Å². The summed E-state index contributed by atoms with van der Waals surface area (Å²) in [6.07, 6.45) is 2.37. The van der Waals surface area contributed by atoms with E-state index >= 15 is 0 Å². The van der Waals surface area contributed by atoms with Gasteiger partial charge in [-0.05, 0) is 31.0 Å². The zero-order chi connectivity index (χ0) is 15.6. The molecule has 1 heterocycles. The molecule has 0 amide bonds. The van der Waals surface area contributed by atoms with Gasteiger partial charge in [-0.3, -0.25) is 0 Å². The molecule has 1 aliphatic heterocycles. The van der Waals surface area contributed by atoms with Crippen LogP contribution in [0.1, 0.15) is 12.8 Å². The van der Waals surface area contributed by atoms with Crippen molar-refractivity contribution in [1.82, 2.24) is 4.31 Å². The lowest BCUT2D eigenvalue weighted by Gasteiger charge is -2.24. The highest BCUT2D eigenvalue weighted by atomic mass is 32.2. The average Bonchev–Trinajstić information content (AvgIpc) is 2.90. The van der Waals surface area contributed by atoms with Gasteiger partial charge in [-0.1, -0.05) is 0 Å². The van der Waals surface area contributed by atoms with E-state index in [-0.39, 0.29) is 11.0 Å². The van der Waals surface area contributed by atoms with Gasteiger partial charge < -0.3 is 15.4 Å². The molecule has 2 rings (SSSR count). The molecule has 1 aromatic carbocycles. The van der Waals surface area contributed by atoms with Gasteiger partial charge in [0.15, 0.2) is 0 Å². The number of likely N-dealkylation sites (N-methyl/N-ethyl adjacent to an activating group) is 1. The molecule has 1 saturated heterocycles. The molecule has 1 aliphatic rings. The molecule has 0 aliphatic carbocycles. The van der Waals surface area contributed by atoms with Crippen molar-refractivity contribution in [3.8, 4) is 0 Å². The van der Waals surface area contributed by atoms with Gasteiger partial charge >= 0.3 is 0 Å². The van der Waals surface area contributed by atoms with Crippen LogP contribution < -0.4 is 10.6 Å². The van der Waals surface area contributed by atoms with Crippen molar-refractivity contribution < 1.29 is 13.2 Å². The Morgan fingerprint density at radius 1 is 1.33 bits per heavy atom. The first-order valence-corrected chi connectivity index (χ1v) is 8.41. The predicted molar refractivity (Wildman–Crippen MR) is 84.0 cm³/mol. The summed E-state index contributed by atoms with van der Waals surface area (Å²) in [5.74, 6) is 0. The maximum atomic E-state index is 12.1. The number of nitrogens with two attached hydrogens (primary N) is 1. The highest BCUT2D eigenvalue weighted by Crippen LogP contribution is 2.27. The van der Waals surface area contributed by atoms with Crippen LogP contribution in [0.15, 0.2) is 23.1 Å². The molecule has 21 heavy (non-hydrogen) atoms. The fourth-order valence-electron chi connectivity index (χ4n) is 2.44. The lowest BCUT2D eigenvalue weighted by atomic mass is 10.2. The molecule has 1 atom stereocenters. The standard InChI is InChI=1S/C14H23N3O3S/c1-16(2)21(18,19)12-6-7-14(13(15)9-12)17(3)10-11-5-4-8-20-11/h6-7,9,11H,4-5,8,10,15H2,1-3H3. The predicted octanol–water partition coefficient (Wildman–Crippen LogP) is 1.13. The van der Waals surface area contributed by atoms with Gasteiger partial charge in [0.05, 0.1) is 22.4 Å². The Labute approximate surface area is 126 Å². The molecule has 0 radical (unpaired) electrons. The van der Waals surface area contributed by atoms with Crippen LogP contribution in [0.5, 0.6) is 0 Å². The summed E-state index contributed by atoms with van der Waals surface area (Å²) in [6.45, 7) is 1.57. The van der Waals surface area contributed by atoms with Crippen molar-refractivity contribution >= 4 is 21.4 Å². The highest BCUT2D eigenvalue weighted by molar-refractivity contribution is 7.89. The van der Waals surface area contributed by atoms with Crippen LogP contribution in [0.25, 0.3) is 0 Å². The second kappa shape index (κ2) is 6.21. The minimum Gasteiger partial charge on any atom is -0.397 e. The Bertz CT molecular complexity index is 595. The number of ether oxygens (including phenoxy) is 1. The summed E-state index contributed by atoms with van der Waals surface area (Å²) in [4.78, 5) is 2.22. The van der Waals surface area contributed by atoms with Gasteiger partial charge in [-0.2, -0.15) is 0 Å². The van der Waals surface area contributed by atoms with Crippen molar-refractivity contribution in [2.75, 3.05) is 44.9 Å². The number of nitrogen functional groups attached to an aromatic ring is 1. The van der Waals surface area contributed by atoms with Crippen LogP contribution in [-0.2, 0) is 14.8 Å². The smallest absolute Gasteiger partial charge is 0.242 e. The Hall–Kier alpha value is -1.31. The van der Waals surface area contributed by atoms with E-state index in [4.69, 9.17) is 10.5 Å². The first-order chi connectivity index (χ1) is 9.82. The maximum absolute atomic E-state index is 12.1. The third kappa shape index (κ3) is 3.48. The summed E-state index contributed by atoms with van der Waals surface area (Å²) >= 11 is 0. The molecule has 6 nitrogen and oxygen atoms in total. The normalized spacial score (nSPS) is 19.1. The van der Waals surface area contributed by atoms with Crippen LogP contribution in [0.3, 0.4) is 0 Å². The van der Waals surface area contributed by atoms with Crippen LogP contribution in [-0.4, -0.2) is 53.1 Å². The molecule has 1 unspecified atom stereocenters. The van der Waals surface area contributed by atoms with Crippen molar-refractivity contribution in [3.63, 3.8) is 0 Å². The number of hydrogen-bond donors (Lipinski definition) is 1. The zero-order valence-electron chi connectivity index (χ0n) is 12.7. The van der Waals surface area contributed by atoms with E-state index in [2.05, 4.69) is 0 Å². The highest BCUT2D eigenvalue weighted by Gasteiger charge is 2.21. The Morgan fingerprint density at radius 3 is 2.57 bits per heavy atom. The molecule has 0 bridgehead atoms. The Morgan fingerprint density at radius 2 is 2.05 bits per heavy atom. The molecular weight excluding hydrogens is 290 g/mol. The lowest BCUT2D eigenvalue weighted by molar-refractivity contribution is 0.116. The van der Waals surface area contributed by atoms with Gasteiger partial charge in [-0.15, -0.1) is 0 Å². The monoisotopic (exact) mass is 313 g/mol. The van der Waals surface area contributed by atoms with Gasteiger partial charge in [-0.25, -0.2) is 12.7 Å².